The highest BCUT2D eigenvalue weighted by atomic mass is 16.3. The molecule has 2 aromatic rings. The Labute approximate surface area is 76.8 Å². The van der Waals surface area contributed by atoms with Crippen LogP contribution in [0.2, 0.25) is 0 Å². The summed E-state index contributed by atoms with van der Waals surface area (Å²) >= 11 is 0. The van der Waals surface area contributed by atoms with E-state index in [-0.39, 0.29) is 0 Å². The number of benzene rings is 1. The largest absolute Gasteiger partial charge is 0.464 e. The Bertz CT molecular complexity index is 427. The molecule has 0 bridgehead atoms. The molecule has 2 heteroatoms. The average molecular weight is 176 g/mol. The average Bonchev–Trinajstić information content (AvgIpc) is 2.48. The molecule has 1 aromatic heterocycles. The predicted molar refractivity (Wildman–Crippen MR) is 51.6 cm³/mol. The van der Waals surface area contributed by atoms with Crippen LogP contribution in [0.15, 0.2) is 28.9 Å². The van der Waals surface area contributed by atoms with Crippen molar-refractivity contribution in [2.75, 3.05) is 0 Å². The molecule has 2 nitrogen and oxygen atoms in total. The van der Waals surface area contributed by atoms with Crippen LogP contribution in [0.3, 0.4) is 0 Å². The van der Waals surface area contributed by atoms with Gasteiger partial charge in [-0.2, -0.15) is 0 Å². The summed E-state index contributed by atoms with van der Waals surface area (Å²) in [5.41, 5.74) is 2.83. The molecule has 0 radical (unpaired) electrons. The van der Waals surface area contributed by atoms with Crippen LogP contribution < -0.4 is 0 Å². The van der Waals surface area contributed by atoms with E-state index in [1.54, 1.807) is 13.2 Å². The molecular weight excluding hydrogens is 164 g/mol. The Morgan fingerprint density at radius 3 is 2.85 bits per heavy atom. The summed E-state index contributed by atoms with van der Waals surface area (Å²) in [5.74, 6) is 0. The van der Waals surface area contributed by atoms with Gasteiger partial charge in [-0.3, -0.25) is 0 Å². The Morgan fingerprint density at radius 1 is 1.38 bits per heavy atom. The SMILES string of the molecule is Cc1cccc2c(C(C)O)coc12. The first-order valence-electron chi connectivity index (χ1n) is 4.35. The van der Waals surface area contributed by atoms with Crippen LogP contribution in [-0.4, -0.2) is 5.11 Å². The Balaban J connectivity index is 2.75. The first-order valence-corrected chi connectivity index (χ1v) is 4.35. The molecule has 2 rings (SSSR count). The first-order chi connectivity index (χ1) is 6.20. The summed E-state index contributed by atoms with van der Waals surface area (Å²) in [5, 5.41) is 10.5. The lowest BCUT2D eigenvalue weighted by Gasteiger charge is -1.99. The van der Waals surface area contributed by atoms with Crippen molar-refractivity contribution in [1.82, 2.24) is 0 Å². The van der Waals surface area contributed by atoms with Gasteiger partial charge in [0.25, 0.3) is 0 Å². The summed E-state index contributed by atoms with van der Waals surface area (Å²) in [6.45, 7) is 3.74. The number of aryl methyl sites for hydroxylation is 1. The molecule has 1 heterocycles. The highest BCUT2D eigenvalue weighted by molar-refractivity contribution is 5.83. The van der Waals surface area contributed by atoms with Gasteiger partial charge >= 0.3 is 0 Å². The second-order valence-corrected chi connectivity index (χ2v) is 3.32. The van der Waals surface area contributed by atoms with E-state index in [4.69, 9.17) is 4.42 Å². The molecule has 0 aliphatic heterocycles. The second-order valence-electron chi connectivity index (χ2n) is 3.32. The van der Waals surface area contributed by atoms with Crippen molar-refractivity contribution < 1.29 is 9.52 Å². The van der Waals surface area contributed by atoms with Crippen LogP contribution in [0.5, 0.6) is 0 Å². The van der Waals surface area contributed by atoms with E-state index in [9.17, 15) is 5.11 Å². The number of aliphatic hydroxyl groups excluding tert-OH is 1. The van der Waals surface area contributed by atoms with E-state index in [0.717, 1.165) is 22.1 Å². The van der Waals surface area contributed by atoms with Crippen molar-refractivity contribution >= 4 is 11.0 Å². The highest BCUT2D eigenvalue weighted by Crippen LogP contribution is 2.27. The van der Waals surface area contributed by atoms with Crippen LogP contribution >= 0.6 is 0 Å². The van der Waals surface area contributed by atoms with Crippen molar-refractivity contribution in [2.24, 2.45) is 0 Å². The number of hydrogen-bond donors (Lipinski definition) is 1. The van der Waals surface area contributed by atoms with Gasteiger partial charge in [0, 0.05) is 10.9 Å². The summed E-state index contributed by atoms with van der Waals surface area (Å²) in [7, 11) is 0. The van der Waals surface area contributed by atoms with Crippen molar-refractivity contribution in [3.05, 3.63) is 35.6 Å². The summed E-state index contributed by atoms with van der Waals surface area (Å²) in [6, 6.07) is 5.94. The fourth-order valence-electron chi connectivity index (χ4n) is 1.55. The maximum absolute atomic E-state index is 9.44. The van der Waals surface area contributed by atoms with Crippen LogP contribution in [0, 0.1) is 6.92 Å². The fraction of sp³-hybridized carbons (Fsp3) is 0.273. The van der Waals surface area contributed by atoms with E-state index >= 15 is 0 Å². The molecule has 0 amide bonds. The third-order valence-corrected chi connectivity index (χ3v) is 2.28. The third-order valence-electron chi connectivity index (χ3n) is 2.28. The van der Waals surface area contributed by atoms with Gasteiger partial charge < -0.3 is 9.52 Å². The van der Waals surface area contributed by atoms with Gasteiger partial charge in [-0.25, -0.2) is 0 Å². The number of furan rings is 1. The quantitative estimate of drug-likeness (QED) is 0.724. The maximum atomic E-state index is 9.44. The molecule has 0 saturated carbocycles. The molecule has 1 N–H and O–H groups in total. The van der Waals surface area contributed by atoms with E-state index in [1.165, 1.54) is 0 Å². The number of hydrogen-bond acceptors (Lipinski definition) is 2. The zero-order valence-electron chi connectivity index (χ0n) is 7.74. The second kappa shape index (κ2) is 2.89. The van der Waals surface area contributed by atoms with Crippen molar-refractivity contribution in [3.63, 3.8) is 0 Å². The predicted octanol–water partition coefficient (Wildman–Crippen LogP) is 2.79. The van der Waals surface area contributed by atoms with E-state index in [0.29, 0.717) is 0 Å². The van der Waals surface area contributed by atoms with Gasteiger partial charge in [-0.1, -0.05) is 18.2 Å². The normalized spacial score (nSPS) is 13.5. The van der Waals surface area contributed by atoms with Gasteiger partial charge in [0.15, 0.2) is 0 Å². The molecule has 13 heavy (non-hydrogen) atoms. The molecular formula is C11H12O2. The van der Waals surface area contributed by atoms with Crippen LogP contribution in [-0.2, 0) is 0 Å². The van der Waals surface area contributed by atoms with E-state index in [1.807, 2.05) is 25.1 Å². The zero-order valence-corrected chi connectivity index (χ0v) is 7.74. The van der Waals surface area contributed by atoms with Crippen molar-refractivity contribution in [3.8, 4) is 0 Å². The van der Waals surface area contributed by atoms with Crippen molar-refractivity contribution in [2.45, 2.75) is 20.0 Å². The monoisotopic (exact) mass is 176 g/mol. The fourth-order valence-corrected chi connectivity index (χ4v) is 1.55. The van der Waals surface area contributed by atoms with Gasteiger partial charge in [0.05, 0.1) is 12.4 Å². The van der Waals surface area contributed by atoms with Crippen molar-refractivity contribution in [1.29, 1.82) is 0 Å². The topological polar surface area (TPSA) is 33.4 Å². The maximum Gasteiger partial charge on any atom is 0.137 e. The Morgan fingerprint density at radius 2 is 2.15 bits per heavy atom. The molecule has 1 aromatic carbocycles. The molecule has 0 fully saturated rings. The van der Waals surface area contributed by atoms with E-state index in [2.05, 4.69) is 0 Å². The summed E-state index contributed by atoms with van der Waals surface area (Å²) in [4.78, 5) is 0. The summed E-state index contributed by atoms with van der Waals surface area (Å²) < 4.78 is 5.38. The lowest BCUT2D eigenvalue weighted by Crippen LogP contribution is -1.87. The Kier molecular flexibility index (Phi) is 1.85. The standard InChI is InChI=1S/C11H12O2/c1-7-4-3-5-9-10(8(2)12)6-13-11(7)9/h3-6,8,12H,1-2H3. The van der Waals surface area contributed by atoms with Gasteiger partial charge in [0.1, 0.15) is 5.58 Å². The van der Waals surface area contributed by atoms with Crippen LogP contribution in [0.4, 0.5) is 0 Å². The molecule has 1 unspecified atom stereocenters. The molecule has 0 aliphatic rings. The molecule has 0 saturated heterocycles. The van der Waals surface area contributed by atoms with Gasteiger partial charge in [0.2, 0.25) is 0 Å². The highest BCUT2D eigenvalue weighted by Gasteiger charge is 2.10. The third kappa shape index (κ3) is 1.23. The van der Waals surface area contributed by atoms with Gasteiger partial charge in [-0.05, 0) is 19.4 Å². The molecule has 0 spiro atoms. The minimum Gasteiger partial charge on any atom is -0.464 e. The Hall–Kier alpha value is -1.28. The molecule has 68 valence electrons. The lowest BCUT2D eigenvalue weighted by molar-refractivity contribution is 0.199. The molecule has 1 atom stereocenters. The first kappa shape index (κ1) is 8.32. The number of aliphatic hydroxyl groups is 1. The minimum atomic E-state index is -0.469. The lowest BCUT2D eigenvalue weighted by atomic mass is 10.1. The number of rotatable bonds is 1. The zero-order chi connectivity index (χ0) is 9.42. The molecule has 0 aliphatic carbocycles. The van der Waals surface area contributed by atoms with Crippen LogP contribution in [0.1, 0.15) is 24.2 Å². The number of fused-ring (bicyclic) bond motifs is 1. The minimum absolute atomic E-state index is 0.469. The number of para-hydroxylation sites is 1. The van der Waals surface area contributed by atoms with Gasteiger partial charge in [-0.15, -0.1) is 0 Å². The smallest absolute Gasteiger partial charge is 0.137 e. The van der Waals surface area contributed by atoms with E-state index < -0.39 is 6.10 Å². The van der Waals surface area contributed by atoms with Crippen LogP contribution in [0.25, 0.3) is 11.0 Å². The summed E-state index contributed by atoms with van der Waals surface area (Å²) in [6.07, 6.45) is 1.16.